The molecule has 168 valence electrons. The number of carbonyl (C=O) groups is 1. The summed E-state index contributed by atoms with van der Waals surface area (Å²) in [4.78, 5) is 12.6. The van der Waals surface area contributed by atoms with Crippen LogP contribution < -0.4 is 10.1 Å². The molecule has 0 bridgehead atoms. The molecule has 0 unspecified atom stereocenters. The smallest absolute Gasteiger partial charge is 0.243 e. The lowest BCUT2D eigenvalue weighted by Gasteiger charge is -2.17. The summed E-state index contributed by atoms with van der Waals surface area (Å²) in [5.74, 6) is 0.243. The molecule has 0 radical (unpaired) electrons. The largest absolute Gasteiger partial charge is 0.489 e. The highest BCUT2D eigenvalue weighted by Gasteiger charge is 2.23. The van der Waals surface area contributed by atoms with Gasteiger partial charge < -0.3 is 10.1 Å². The fourth-order valence-electron chi connectivity index (χ4n) is 3.37. The fraction of sp³-hybridized carbons (Fsp3) is 0.115. The van der Waals surface area contributed by atoms with Gasteiger partial charge in [-0.15, -0.1) is 0 Å². The van der Waals surface area contributed by atoms with Crippen molar-refractivity contribution in [1.82, 2.24) is 4.31 Å². The number of anilines is 1. The van der Waals surface area contributed by atoms with Gasteiger partial charge in [0.15, 0.2) is 0 Å². The fourth-order valence-corrected chi connectivity index (χ4v) is 4.53. The summed E-state index contributed by atoms with van der Waals surface area (Å²) in [6.45, 7) is 0.144. The molecule has 0 aliphatic rings. The van der Waals surface area contributed by atoms with E-state index in [4.69, 9.17) is 4.74 Å². The number of nitrogens with one attached hydrogen (secondary N) is 1. The number of likely N-dealkylation sites (N-methyl/N-ethyl adjacent to an activating group) is 1. The normalized spacial score (nSPS) is 11.5. The van der Waals surface area contributed by atoms with Gasteiger partial charge >= 0.3 is 0 Å². The van der Waals surface area contributed by atoms with Gasteiger partial charge in [-0.2, -0.15) is 4.31 Å². The molecule has 4 aromatic rings. The second-order valence-corrected chi connectivity index (χ2v) is 9.66. The van der Waals surface area contributed by atoms with Crippen LogP contribution in [0.3, 0.4) is 0 Å². The summed E-state index contributed by atoms with van der Waals surface area (Å²) in [5.41, 5.74) is 1.62. The number of sulfonamides is 1. The Balaban J connectivity index is 1.35. The van der Waals surface area contributed by atoms with Crippen LogP contribution in [-0.4, -0.2) is 32.2 Å². The van der Waals surface area contributed by atoms with E-state index in [2.05, 4.69) is 5.32 Å². The van der Waals surface area contributed by atoms with Crippen molar-refractivity contribution in [2.24, 2.45) is 0 Å². The SMILES string of the molecule is CN(CC(=O)Nc1ccc(OCc2ccccc2)cc1)S(=O)(=O)c1ccc2ccccc2c1. The van der Waals surface area contributed by atoms with Gasteiger partial charge in [-0.1, -0.05) is 60.7 Å². The number of ether oxygens (including phenoxy) is 1. The molecular formula is C26H24N2O4S. The van der Waals surface area contributed by atoms with Crippen molar-refractivity contribution in [2.75, 3.05) is 18.9 Å². The highest BCUT2D eigenvalue weighted by Crippen LogP contribution is 2.22. The van der Waals surface area contributed by atoms with E-state index < -0.39 is 15.9 Å². The van der Waals surface area contributed by atoms with Gasteiger partial charge in [-0.25, -0.2) is 8.42 Å². The molecular weight excluding hydrogens is 436 g/mol. The Morgan fingerprint density at radius 2 is 1.52 bits per heavy atom. The van der Waals surface area contributed by atoms with Crippen LogP contribution in [0.2, 0.25) is 0 Å². The summed E-state index contributed by atoms with van der Waals surface area (Å²) in [7, 11) is -2.41. The molecule has 1 N–H and O–H groups in total. The van der Waals surface area contributed by atoms with Gasteiger partial charge in [-0.05, 0) is 52.7 Å². The van der Waals surface area contributed by atoms with E-state index in [0.717, 1.165) is 20.6 Å². The van der Waals surface area contributed by atoms with Gasteiger partial charge in [-0.3, -0.25) is 4.79 Å². The van der Waals surface area contributed by atoms with E-state index >= 15 is 0 Å². The van der Waals surface area contributed by atoms with Crippen LogP contribution in [-0.2, 0) is 21.4 Å². The lowest BCUT2D eigenvalue weighted by molar-refractivity contribution is -0.116. The highest BCUT2D eigenvalue weighted by molar-refractivity contribution is 7.89. The van der Waals surface area contributed by atoms with Crippen molar-refractivity contribution in [2.45, 2.75) is 11.5 Å². The van der Waals surface area contributed by atoms with Crippen molar-refractivity contribution >= 4 is 32.4 Å². The first-order valence-corrected chi connectivity index (χ1v) is 11.9. The molecule has 0 saturated heterocycles. The van der Waals surface area contributed by atoms with Crippen molar-refractivity contribution in [3.8, 4) is 5.75 Å². The van der Waals surface area contributed by atoms with Crippen molar-refractivity contribution in [1.29, 1.82) is 0 Å². The molecule has 0 aliphatic carbocycles. The third-order valence-electron chi connectivity index (χ3n) is 5.18. The zero-order valence-corrected chi connectivity index (χ0v) is 19.0. The van der Waals surface area contributed by atoms with E-state index in [0.29, 0.717) is 18.0 Å². The quantitative estimate of drug-likeness (QED) is 0.414. The summed E-state index contributed by atoms with van der Waals surface area (Å²) in [6.07, 6.45) is 0. The molecule has 0 aliphatic heterocycles. The monoisotopic (exact) mass is 460 g/mol. The zero-order valence-electron chi connectivity index (χ0n) is 18.1. The lowest BCUT2D eigenvalue weighted by atomic mass is 10.1. The second kappa shape index (κ2) is 9.85. The van der Waals surface area contributed by atoms with Crippen LogP contribution in [0.1, 0.15) is 5.56 Å². The molecule has 0 atom stereocenters. The van der Waals surface area contributed by atoms with E-state index in [1.807, 2.05) is 54.6 Å². The van der Waals surface area contributed by atoms with E-state index in [1.165, 1.54) is 7.05 Å². The van der Waals surface area contributed by atoms with Crippen LogP contribution >= 0.6 is 0 Å². The predicted molar refractivity (Wildman–Crippen MR) is 130 cm³/mol. The first-order valence-electron chi connectivity index (χ1n) is 10.4. The first kappa shape index (κ1) is 22.5. The van der Waals surface area contributed by atoms with Crippen LogP contribution in [0, 0.1) is 0 Å². The third-order valence-corrected chi connectivity index (χ3v) is 6.98. The van der Waals surface area contributed by atoms with Crippen molar-refractivity contribution in [3.05, 3.63) is 103 Å². The molecule has 0 heterocycles. The van der Waals surface area contributed by atoms with Crippen LogP contribution in [0.25, 0.3) is 10.8 Å². The van der Waals surface area contributed by atoms with Crippen LogP contribution in [0.4, 0.5) is 5.69 Å². The molecule has 7 heteroatoms. The third kappa shape index (κ3) is 5.58. The summed E-state index contributed by atoms with van der Waals surface area (Å²) >= 11 is 0. The topological polar surface area (TPSA) is 75.7 Å². The number of hydrogen-bond donors (Lipinski definition) is 1. The van der Waals surface area contributed by atoms with Crippen LogP contribution in [0.5, 0.6) is 5.75 Å². The summed E-state index contributed by atoms with van der Waals surface area (Å²) in [5, 5.41) is 4.50. The molecule has 6 nitrogen and oxygen atoms in total. The Kier molecular flexibility index (Phi) is 6.72. The molecule has 1 amide bonds. The van der Waals surface area contributed by atoms with Crippen molar-refractivity contribution in [3.63, 3.8) is 0 Å². The molecule has 0 fully saturated rings. The average Bonchev–Trinajstić information content (AvgIpc) is 2.84. The molecule has 4 rings (SSSR count). The van der Waals surface area contributed by atoms with E-state index in [1.54, 1.807) is 42.5 Å². The molecule has 0 aromatic heterocycles. The zero-order chi connectivity index (χ0) is 23.3. The predicted octanol–water partition coefficient (Wildman–Crippen LogP) is 4.68. The van der Waals surface area contributed by atoms with Gasteiger partial charge in [0.05, 0.1) is 11.4 Å². The minimum atomic E-state index is -3.81. The Morgan fingerprint density at radius 3 is 2.24 bits per heavy atom. The first-order chi connectivity index (χ1) is 15.9. The second-order valence-electron chi connectivity index (χ2n) is 7.62. The molecule has 4 aromatic carbocycles. The van der Waals surface area contributed by atoms with E-state index in [-0.39, 0.29) is 11.4 Å². The van der Waals surface area contributed by atoms with Gasteiger partial charge in [0, 0.05) is 12.7 Å². The minimum absolute atomic E-state index is 0.149. The van der Waals surface area contributed by atoms with Crippen LogP contribution in [0.15, 0.2) is 102 Å². The molecule has 33 heavy (non-hydrogen) atoms. The summed E-state index contributed by atoms with van der Waals surface area (Å²) in [6, 6.07) is 29.2. The molecule has 0 saturated carbocycles. The Morgan fingerprint density at radius 1 is 0.848 bits per heavy atom. The van der Waals surface area contributed by atoms with E-state index in [9.17, 15) is 13.2 Å². The number of fused-ring (bicyclic) bond motifs is 1. The Hall–Kier alpha value is -3.68. The minimum Gasteiger partial charge on any atom is -0.489 e. The molecule has 0 spiro atoms. The van der Waals surface area contributed by atoms with Crippen molar-refractivity contribution < 1.29 is 17.9 Å². The lowest BCUT2D eigenvalue weighted by Crippen LogP contribution is -2.34. The Bertz CT molecular complexity index is 1350. The number of amides is 1. The average molecular weight is 461 g/mol. The maximum absolute atomic E-state index is 12.9. The number of hydrogen-bond acceptors (Lipinski definition) is 4. The number of carbonyl (C=O) groups excluding carboxylic acids is 1. The highest BCUT2D eigenvalue weighted by atomic mass is 32.2. The number of nitrogens with zero attached hydrogens (tertiary/aromatic N) is 1. The summed E-state index contributed by atoms with van der Waals surface area (Å²) < 4.78 is 32.6. The number of rotatable bonds is 8. The van der Waals surface area contributed by atoms with Gasteiger partial charge in [0.25, 0.3) is 0 Å². The maximum atomic E-state index is 12.9. The standard InChI is InChI=1S/C26H24N2O4S/c1-28(33(30,31)25-16-11-21-9-5-6-10-22(21)17-25)18-26(29)27-23-12-14-24(15-13-23)32-19-20-7-3-2-4-8-20/h2-17H,18-19H2,1H3,(H,27,29). The maximum Gasteiger partial charge on any atom is 0.243 e. The Labute approximate surface area is 193 Å². The van der Waals surface area contributed by atoms with Gasteiger partial charge in [0.2, 0.25) is 15.9 Å². The number of benzene rings is 4. The van der Waals surface area contributed by atoms with Gasteiger partial charge in [0.1, 0.15) is 12.4 Å².